The Labute approximate surface area is 115 Å². The molecule has 6 heteroatoms. The number of fused-ring (bicyclic) bond motifs is 1. The van der Waals surface area contributed by atoms with Crippen molar-refractivity contribution in [3.05, 3.63) is 23.7 Å². The van der Waals surface area contributed by atoms with Gasteiger partial charge >= 0.3 is 5.97 Å². The zero-order valence-corrected chi connectivity index (χ0v) is 11.4. The van der Waals surface area contributed by atoms with E-state index in [1.165, 1.54) is 0 Å². The molecule has 2 aromatic heterocycles. The lowest BCUT2D eigenvalue weighted by Crippen LogP contribution is -2.30. The summed E-state index contributed by atoms with van der Waals surface area (Å²) >= 11 is 1.61. The molecule has 5 nitrogen and oxygen atoms in total. The van der Waals surface area contributed by atoms with Gasteiger partial charge in [0.05, 0.1) is 0 Å². The fourth-order valence-electron chi connectivity index (χ4n) is 1.86. The van der Waals surface area contributed by atoms with E-state index < -0.39 is 12.0 Å². The van der Waals surface area contributed by atoms with Crippen molar-refractivity contribution in [1.29, 1.82) is 0 Å². The Morgan fingerprint density at radius 2 is 2.42 bits per heavy atom. The van der Waals surface area contributed by atoms with Crippen molar-refractivity contribution < 1.29 is 14.6 Å². The molecule has 2 heterocycles. The molecule has 0 radical (unpaired) electrons. The number of carboxylic acids is 1. The molecule has 2 aromatic rings. The summed E-state index contributed by atoms with van der Waals surface area (Å²) < 4.78 is 6.04. The predicted octanol–water partition coefficient (Wildman–Crippen LogP) is 2.59. The molecule has 0 aliphatic rings. The third-order valence-electron chi connectivity index (χ3n) is 2.83. The number of nitrogens with zero attached hydrogens (tertiary/aromatic N) is 1. The first-order valence-corrected chi connectivity index (χ1v) is 6.91. The molecule has 1 unspecified atom stereocenters. The first-order valence-electron chi connectivity index (χ1n) is 6.03. The van der Waals surface area contributed by atoms with Gasteiger partial charge in [0.15, 0.2) is 0 Å². The summed E-state index contributed by atoms with van der Waals surface area (Å²) in [4.78, 5) is 15.5. The number of anilines is 1. The van der Waals surface area contributed by atoms with Gasteiger partial charge < -0.3 is 15.2 Å². The van der Waals surface area contributed by atoms with Crippen molar-refractivity contribution in [1.82, 2.24) is 4.98 Å². The van der Waals surface area contributed by atoms with E-state index in [-0.39, 0.29) is 0 Å². The van der Waals surface area contributed by atoms with Gasteiger partial charge in [-0.15, -0.1) is 11.3 Å². The number of aromatic nitrogens is 1. The third-order valence-corrected chi connectivity index (χ3v) is 3.71. The second-order valence-corrected chi connectivity index (χ2v) is 5.11. The Kier molecular flexibility index (Phi) is 4.70. The summed E-state index contributed by atoms with van der Waals surface area (Å²) in [6.45, 7) is 0.557. The van der Waals surface area contributed by atoms with E-state index in [9.17, 15) is 9.90 Å². The summed E-state index contributed by atoms with van der Waals surface area (Å²) in [5, 5.41) is 15.2. The van der Waals surface area contributed by atoms with E-state index in [0.717, 1.165) is 10.1 Å². The Hall–Kier alpha value is -1.66. The zero-order valence-electron chi connectivity index (χ0n) is 10.6. The van der Waals surface area contributed by atoms with Gasteiger partial charge in [-0.2, -0.15) is 0 Å². The van der Waals surface area contributed by atoms with Gasteiger partial charge in [0.1, 0.15) is 11.9 Å². The van der Waals surface area contributed by atoms with Gasteiger partial charge in [0.2, 0.25) is 0 Å². The number of carbonyl (C=O) groups is 1. The van der Waals surface area contributed by atoms with E-state index in [1.807, 2.05) is 17.5 Å². The zero-order chi connectivity index (χ0) is 13.7. The average Bonchev–Trinajstić information content (AvgIpc) is 2.86. The van der Waals surface area contributed by atoms with Crippen LogP contribution in [0.5, 0.6) is 0 Å². The summed E-state index contributed by atoms with van der Waals surface area (Å²) in [5.41, 5.74) is 0. The molecular formula is C13H16N2O3S. The molecule has 1 atom stereocenters. The molecule has 0 spiro atoms. The molecule has 0 saturated carbocycles. The van der Waals surface area contributed by atoms with Crippen LogP contribution in [0.1, 0.15) is 12.8 Å². The van der Waals surface area contributed by atoms with Crippen molar-refractivity contribution >= 4 is 33.2 Å². The van der Waals surface area contributed by atoms with Crippen molar-refractivity contribution in [2.75, 3.05) is 19.0 Å². The predicted molar refractivity (Wildman–Crippen MR) is 75.8 cm³/mol. The minimum absolute atomic E-state index is 0.505. The van der Waals surface area contributed by atoms with Gasteiger partial charge in [0.25, 0.3) is 0 Å². The Morgan fingerprint density at radius 3 is 3.16 bits per heavy atom. The van der Waals surface area contributed by atoms with E-state index in [2.05, 4.69) is 10.3 Å². The second-order valence-electron chi connectivity index (χ2n) is 4.16. The highest BCUT2D eigenvalue weighted by Crippen LogP contribution is 2.26. The number of thiophene rings is 1. The number of ether oxygens (including phenoxy) is 1. The molecule has 0 aliphatic carbocycles. The fraction of sp³-hybridized carbons (Fsp3) is 0.385. The largest absolute Gasteiger partial charge is 0.480 e. The number of nitrogens with one attached hydrogen (secondary N) is 1. The van der Waals surface area contributed by atoms with Crippen molar-refractivity contribution in [2.24, 2.45) is 0 Å². The molecule has 0 aromatic carbocycles. The van der Waals surface area contributed by atoms with Crippen LogP contribution in [0.3, 0.4) is 0 Å². The number of aliphatic carboxylic acids is 1. The van der Waals surface area contributed by atoms with E-state index in [1.54, 1.807) is 24.6 Å². The highest BCUT2D eigenvalue weighted by Gasteiger charge is 2.18. The van der Waals surface area contributed by atoms with Crippen LogP contribution in [-0.2, 0) is 9.53 Å². The molecular weight excluding hydrogens is 264 g/mol. The molecule has 0 amide bonds. The first-order chi connectivity index (χ1) is 9.22. The van der Waals surface area contributed by atoms with Crippen LogP contribution in [0.4, 0.5) is 5.82 Å². The molecule has 102 valence electrons. The quantitative estimate of drug-likeness (QED) is 0.763. The number of pyridine rings is 1. The minimum atomic E-state index is -0.870. The minimum Gasteiger partial charge on any atom is -0.480 e. The van der Waals surface area contributed by atoms with Crippen molar-refractivity contribution in [3.8, 4) is 0 Å². The topological polar surface area (TPSA) is 71.5 Å². The number of hydrogen-bond acceptors (Lipinski definition) is 5. The Morgan fingerprint density at radius 1 is 1.58 bits per heavy atom. The fourth-order valence-corrected chi connectivity index (χ4v) is 2.65. The molecule has 2 rings (SSSR count). The van der Waals surface area contributed by atoms with Crippen LogP contribution in [0, 0.1) is 0 Å². The van der Waals surface area contributed by atoms with E-state index >= 15 is 0 Å². The molecule has 0 fully saturated rings. The monoisotopic (exact) mass is 280 g/mol. The summed E-state index contributed by atoms with van der Waals surface area (Å²) in [5.74, 6) is -0.242. The van der Waals surface area contributed by atoms with Crippen LogP contribution < -0.4 is 5.32 Å². The highest BCUT2D eigenvalue weighted by molar-refractivity contribution is 7.17. The lowest BCUT2D eigenvalue weighted by atomic mass is 10.1. The number of methoxy groups -OCH3 is 1. The first kappa shape index (κ1) is 13.8. The van der Waals surface area contributed by atoms with Crippen LogP contribution >= 0.6 is 11.3 Å². The lowest BCUT2D eigenvalue weighted by molar-refractivity contribution is -0.138. The van der Waals surface area contributed by atoms with E-state index in [4.69, 9.17) is 4.74 Å². The highest BCUT2D eigenvalue weighted by atomic mass is 32.1. The normalized spacial score (nSPS) is 12.5. The summed E-state index contributed by atoms with van der Waals surface area (Å²) in [7, 11) is 1.61. The lowest BCUT2D eigenvalue weighted by Gasteiger charge is -2.15. The smallest absolute Gasteiger partial charge is 0.326 e. The van der Waals surface area contributed by atoms with Crippen LogP contribution in [0.2, 0.25) is 0 Å². The molecule has 0 bridgehead atoms. The summed E-state index contributed by atoms with van der Waals surface area (Å²) in [6.07, 6.45) is 2.89. The molecule has 19 heavy (non-hydrogen) atoms. The van der Waals surface area contributed by atoms with Gasteiger partial charge in [0, 0.05) is 30.0 Å². The van der Waals surface area contributed by atoms with Crippen molar-refractivity contribution in [3.63, 3.8) is 0 Å². The number of hydrogen-bond donors (Lipinski definition) is 2. The van der Waals surface area contributed by atoms with Gasteiger partial charge in [-0.25, -0.2) is 9.78 Å². The maximum atomic E-state index is 11.2. The maximum absolute atomic E-state index is 11.2. The molecule has 0 saturated heterocycles. The Balaban J connectivity index is 2.12. The average molecular weight is 280 g/mol. The van der Waals surface area contributed by atoms with Crippen molar-refractivity contribution in [2.45, 2.75) is 18.9 Å². The molecule has 2 N–H and O–H groups in total. The van der Waals surface area contributed by atoms with Gasteiger partial charge in [-0.05, 0) is 30.4 Å². The number of carboxylic acid groups (broad SMARTS) is 1. The second kappa shape index (κ2) is 6.49. The summed E-state index contributed by atoms with van der Waals surface area (Å²) in [6, 6.07) is 3.23. The molecule has 0 aliphatic heterocycles. The standard InChI is InChI=1S/C13H16N2O3S/c1-18-7-2-3-10(13(16)17)15-12-9-5-8-19-11(9)4-6-14-12/h4-6,8,10H,2-3,7H2,1H3,(H,14,15)(H,16,17). The number of rotatable bonds is 7. The van der Waals surface area contributed by atoms with E-state index in [0.29, 0.717) is 25.3 Å². The van der Waals surface area contributed by atoms with Gasteiger partial charge in [-0.1, -0.05) is 0 Å². The SMILES string of the molecule is COCCCC(Nc1nccc2sccc12)C(=O)O. The van der Waals surface area contributed by atoms with Crippen LogP contribution in [0.15, 0.2) is 23.7 Å². The van der Waals surface area contributed by atoms with Gasteiger partial charge in [-0.3, -0.25) is 0 Å². The maximum Gasteiger partial charge on any atom is 0.326 e. The van der Waals surface area contributed by atoms with Crippen LogP contribution in [-0.4, -0.2) is 35.8 Å². The van der Waals surface area contributed by atoms with Crippen LogP contribution in [0.25, 0.3) is 10.1 Å². The third kappa shape index (κ3) is 3.42. The Bertz CT molecular complexity index is 556.